The number of benzene rings is 2. The van der Waals surface area contributed by atoms with E-state index in [1.807, 2.05) is 30.3 Å². The van der Waals surface area contributed by atoms with E-state index in [-0.39, 0.29) is 0 Å². The van der Waals surface area contributed by atoms with E-state index in [9.17, 15) is 4.79 Å². The fraction of sp³-hybridized carbons (Fsp3) is 0.188. The molecule has 0 spiro atoms. The monoisotopic (exact) mass is 285 g/mol. The van der Waals surface area contributed by atoms with Crippen LogP contribution in [0, 0.1) is 0 Å². The van der Waals surface area contributed by atoms with Crippen molar-refractivity contribution in [3.8, 4) is 11.5 Å². The molecular weight excluding hydrogens is 270 g/mol. The summed E-state index contributed by atoms with van der Waals surface area (Å²) < 4.78 is 11.2. The maximum Gasteiger partial charge on any atom is 0.412 e. The molecule has 1 aliphatic rings. The molecule has 5 heteroatoms. The number of nitrogens with zero attached hydrogens (tertiary/aromatic N) is 1. The molecule has 0 fully saturated rings. The minimum Gasteiger partial charge on any atom is -0.489 e. The number of amides is 1. The van der Waals surface area contributed by atoms with E-state index in [1.165, 1.54) is 4.90 Å². The van der Waals surface area contributed by atoms with Crippen molar-refractivity contribution in [2.75, 3.05) is 18.1 Å². The van der Waals surface area contributed by atoms with Crippen molar-refractivity contribution in [2.24, 2.45) is 0 Å². The summed E-state index contributed by atoms with van der Waals surface area (Å²) >= 11 is 0. The number of fused-ring (bicyclic) bond motifs is 1. The van der Waals surface area contributed by atoms with Crippen LogP contribution >= 0.6 is 0 Å². The van der Waals surface area contributed by atoms with Gasteiger partial charge in [-0.3, -0.25) is 4.90 Å². The number of anilines is 1. The Labute approximate surface area is 122 Å². The van der Waals surface area contributed by atoms with Crippen LogP contribution in [0.3, 0.4) is 0 Å². The Morgan fingerprint density at radius 1 is 1.24 bits per heavy atom. The molecule has 3 rings (SSSR count). The van der Waals surface area contributed by atoms with Crippen LogP contribution in [-0.2, 0) is 6.61 Å². The third-order valence-corrected chi connectivity index (χ3v) is 3.27. The lowest BCUT2D eigenvalue weighted by Crippen LogP contribution is -2.36. The van der Waals surface area contributed by atoms with E-state index in [0.717, 1.165) is 5.56 Å². The zero-order valence-corrected chi connectivity index (χ0v) is 11.4. The Morgan fingerprint density at radius 2 is 2.05 bits per heavy atom. The van der Waals surface area contributed by atoms with E-state index in [1.54, 1.807) is 18.2 Å². The second kappa shape index (κ2) is 5.75. The first-order chi connectivity index (χ1) is 10.2. The van der Waals surface area contributed by atoms with Gasteiger partial charge in [0.15, 0.2) is 0 Å². The number of ether oxygens (including phenoxy) is 2. The van der Waals surface area contributed by atoms with Gasteiger partial charge in [-0.1, -0.05) is 30.3 Å². The normalized spacial score (nSPS) is 13.2. The summed E-state index contributed by atoms with van der Waals surface area (Å²) in [5, 5.41) is 9.15. The molecule has 2 aromatic carbocycles. The lowest BCUT2D eigenvalue weighted by atomic mass is 10.2. The van der Waals surface area contributed by atoms with Gasteiger partial charge < -0.3 is 14.6 Å². The molecule has 0 radical (unpaired) electrons. The molecule has 0 bridgehead atoms. The summed E-state index contributed by atoms with van der Waals surface area (Å²) in [7, 11) is 0. The molecule has 0 saturated heterocycles. The quantitative estimate of drug-likeness (QED) is 0.941. The van der Waals surface area contributed by atoms with Gasteiger partial charge in [-0.15, -0.1) is 0 Å². The van der Waals surface area contributed by atoms with E-state index >= 15 is 0 Å². The zero-order chi connectivity index (χ0) is 14.7. The van der Waals surface area contributed by atoms with E-state index < -0.39 is 6.09 Å². The summed E-state index contributed by atoms with van der Waals surface area (Å²) in [6.45, 7) is 1.15. The summed E-state index contributed by atoms with van der Waals surface area (Å²) in [5.74, 6) is 1.19. The Morgan fingerprint density at radius 3 is 2.81 bits per heavy atom. The minimum atomic E-state index is -0.975. The van der Waals surface area contributed by atoms with Crippen LogP contribution in [0.2, 0.25) is 0 Å². The van der Waals surface area contributed by atoms with Crippen molar-refractivity contribution in [1.82, 2.24) is 0 Å². The lowest BCUT2D eigenvalue weighted by Gasteiger charge is -2.27. The largest absolute Gasteiger partial charge is 0.489 e. The molecular formula is C16H15NO4. The predicted octanol–water partition coefficient (Wildman–Crippen LogP) is 3.14. The first kappa shape index (κ1) is 13.3. The number of carbonyl (C=O) groups is 1. The SMILES string of the molecule is O=C(O)N1CCOc2cc(OCc3ccccc3)ccc21. The molecule has 21 heavy (non-hydrogen) atoms. The second-order valence-electron chi connectivity index (χ2n) is 4.69. The third-order valence-electron chi connectivity index (χ3n) is 3.27. The molecule has 5 nitrogen and oxygen atoms in total. The topological polar surface area (TPSA) is 59.0 Å². The molecule has 108 valence electrons. The number of rotatable bonds is 3. The molecule has 2 aromatic rings. The molecule has 0 aromatic heterocycles. The smallest absolute Gasteiger partial charge is 0.412 e. The fourth-order valence-corrected chi connectivity index (χ4v) is 2.23. The molecule has 0 aliphatic carbocycles. The Kier molecular flexibility index (Phi) is 3.64. The third kappa shape index (κ3) is 2.91. The van der Waals surface area contributed by atoms with Crippen LogP contribution in [0.5, 0.6) is 11.5 Å². The maximum absolute atomic E-state index is 11.2. The van der Waals surface area contributed by atoms with Gasteiger partial charge in [0.2, 0.25) is 0 Å². The summed E-state index contributed by atoms with van der Waals surface area (Å²) in [4.78, 5) is 12.4. The van der Waals surface area contributed by atoms with Crippen molar-refractivity contribution in [3.05, 3.63) is 54.1 Å². The number of hydrogen-bond acceptors (Lipinski definition) is 3. The van der Waals surface area contributed by atoms with Gasteiger partial charge in [-0.05, 0) is 17.7 Å². The van der Waals surface area contributed by atoms with Crippen LogP contribution in [0.4, 0.5) is 10.5 Å². The summed E-state index contributed by atoms with van der Waals surface area (Å²) in [5.41, 5.74) is 1.63. The highest BCUT2D eigenvalue weighted by Gasteiger charge is 2.23. The standard InChI is InChI=1S/C16H15NO4/c18-16(19)17-8-9-20-15-10-13(6-7-14(15)17)21-11-12-4-2-1-3-5-12/h1-7,10H,8-9,11H2,(H,18,19). The average Bonchev–Trinajstić information content (AvgIpc) is 2.53. The Hall–Kier alpha value is -2.69. The highest BCUT2D eigenvalue weighted by atomic mass is 16.5. The van der Waals surface area contributed by atoms with Crippen molar-refractivity contribution >= 4 is 11.8 Å². The molecule has 0 saturated carbocycles. The van der Waals surface area contributed by atoms with Crippen LogP contribution in [-0.4, -0.2) is 24.4 Å². The number of carboxylic acid groups (broad SMARTS) is 1. The highest BCUT2D eigenvalue weighted by Crippen LogP contribution is 2.35. The van der Waals surface area contributed by atoms with Gasteiger partial charge >= 0.3 is 6.09 Å². The molecule has 1 N–H and O–H groups in total. The second-order valence-corrected chi connectivity index (χ2v) is 4.69. The Bertz CT molecular complexity index is 642. The van der Waals surface area contributed by atoms with Gasteiger partial charge in [0.1, 0.15) is 24.7 Å². The zero-order valence-electron chi connectivity index (χ0n) is 11.4. The van der Waals surface area contributed by atoms with E-state index in [0.29, 0.717) is 36.9 Å². The maximum atomic E-state index is 11.2. The average molecular weight is 285 g/mol. The lowest BCUT2D eigenvalue weighted by molar-refractivity contribution is 0.196. The van der Waals surface area contributed by atoms with Crippen LogP contribution in [0.1, 0.15) is 5.56 Å². The van der Waals surface area contributed by atoms with Gasteiger partial charge in [-0.25, -0.2) is 4.79 Å². The van der Waals surface area contributed by atoms with Gasteiger partial charge in [-0.2, -0.15) is 0 Å². The van der Waals surface area contributed by atoms with Crippen molar-refractivity contribution in [2.45, 2.75) is 6.61 Å². The first-order valence-corrected chi connectivity index (χ1v) is 6.68. The fourth-order valence-electron chi connectivity index (χ4n) is 2.23. The first-order valence-electron chi connectivity index (χ1n) is 6.68. The molecule has 1 heterocycles. The highest BCUT2D eigenvalue weighted by molar-refractivity contribution is 5.89. The van der Waals surface area contributed by atoms with Crippen molar-refractivity contribution in [3.63, 3.8) is 0 Å². The van der Waals surface area contributed by atoms with Gasteiger partial charge in [0, 0.05) is 6.07 Å². The summed E-state index contributed by atoms with van der Waals surface area (Å²) in [6.07, 6.45) is -0.975. The molecule has 1 amide bonds. The van der Waals surface area contributed by atoms with Crippen LogP contribution < -0.4 is 14.4 Å². The number of hydrogen-bond donors (Lipinski definition) is 1. The van der Waals surface area contributed by atoms with Crippen molar-refractivity contribution < 1.29 is 19.4 Å². The van der Waals surface area contributed by atoms with Crippen LogP contribution in [0.25, 0.3) is 0 Å². The summed E-state index contributed by atoms with van der Waals surface area (Å²) in [6, 6.07) is 15.0. The van der Waals surface area contributed by atoms with Gasteiger partial charge in [0.05, 0.1) is 12.2 Å². The van der Waals surface area contributed by atoms with E-state index in [4.69, 9.17) is 14.6 Å². The molecule has 0 atom stereocenters. The van der Waals surface area contributed by atoms with Crippen molar-refractivity contribution in [1.29, 1.82) is 0 Å². The van der Waals surface area contributed by atoms with Crippen LogP contribution in [0.15, 0.2) is 48.5 Å². The molecule has 1 aliphatic heterocycles. The minimum absolute atomic E-state index is 0.340. The van der Waals surface area contributed by atoms with E-state index in [2.05, 4.69) is 0 Å². The Balaban J connectivity index is 1.75. The van der Waals surface area contributed by atoms with Gasteiger partial charge in [0.25, 0.3) is 0 Å². The molecule has 0 unspecified atom stereocenters. The predicted molar refractivity (Wildman–Crippen MR) is 78.1 cm³/mol.